The number of benzene rings is 2. The van der Waals surface area contributed by atoms with E-state index in [2.05, 4.69) is 16.7 Å². The van der Waals surface area contributed by atoms with Crippen molar-refractivity contribution >= 4 is 17.5 Å². The van der Waals surface area contributed by atoms with Crippen LogP contribution in [0.1, 0.15) is 25.3 Å². The third-order valence-corrected chi connectivity index (χ3v) is 4.31. The molecule has 0 saturated carbocycles. The topological polar surface area (TPSA) is 76.7 Å². The van der Waals surface area contributed by atoms with Crippen LogP contribution in [0.2, 0.25) is 0 Å². The summed E-state index contributed by atoms with van der Waals surface area (Å²) in [6, 6.07) is 15.1. The highest BCUT2D eigenvalue weighted by Gasteiger charge is 2.20. The van der Waals surface area contributed by atoms with E-state index in [0.717, 1.165) is 18.6 Å². The van der Waals surface area contributed by atoms with Gasteiger partial charge in [0.05, 0.1) is 18.8 Å². The van der Waals surface area contributed by atoms with Crippen molar-refractivity contribution < 1.29 is 19.1 Å². The smallest absolute Gasteiger partial charge is 0.233 e. The summed E-state index contributed by atoms with van der Waals surface area (Å²) in [6.45, 7) is 2.76. The van der Waals surface area contributed by atoms with Gasteiger partial charge in [-0.3, -0.25) is 9.59 Å². The molecule has 6 nitrogen and oxygen atoms in total. The average Bonchev–Trinajstić information content (AvgIpc) is 2.68. The molecule has 0 radical (unpaired) electrons. The Kier molecular flexibility index (Phi) is 6.30. The van der Waals surface area contributed by atoms with Gasteiger partial charge in [0.2, 0.25) is 11.8 Å². The predicted molar refractivity (Wildman–Crippen MR) is 103 cm³/mol. The molecule has 0 unspecified atom stereocenters. The van der Waals surface area contributed by atoms with Crippen LogP contribution in [-0.2, 0) is 16.0 Å². The van der Waals surface area contributed by atoms with Gasteiger partial charge in [-0.25, -0.2) is 0 Å². The van der Waals surface area contributed by atoms with Gasteiger partial charge in [0.25, 0.3) is 0 Å². The summed E-state index contributed by atoms with van der Waals surface area (Å²) in [7, 11) is 0. The number of amides is 2. The van der Waals surface area contributed by atoms with Gasteiger partial charge in [0, 0.05) is 0 Å². The Bertz CT molecular complexity index is 806. The molecule has 0 fully saturated rings. The van der Waals surface area contributed by atoms with E-state index in [1.54, 1.807) is 18.2 Å². The molecule has 0 aromatic heterocycles. The molecule has 6 heteroatoms. The number of nitrogens with one attached hydrogen (secondary N) is 2. The van der Waals surface area contributed by atoms with E-state index in [-0.39, 0.29) is 24.3 Å². The van der Waals surface area contributed by atoms with Crippen LogP contribution in [-0.4, -0.2) is 31.1 Å². The summed E-state index contributed by atoms with van der Waals surface area (Å²) in [5, 5.41) is 5.50. The van der Waals surface area contributed by atoms with Crippen molar-refractivity contribution in [2.45, 2.75) is 32.3 Å². The monoisotopic (exact) mass is 368 g/mol. The lowest BCUT2D eigenvalue weighted by atomic mass is 10.0. The number of anilines is 1. The third kappa shape index (κ3) is 5.23. The summed E-state index contributed by atoms with van der Waals surface area (Å²) in [4.78, 5) is 24.2. The Hall–Kier alpha value is -3.02. The molecule has 3 rings (SSSR count). The van der Waals surface area contributed by atoms with E-state index in [0.29, 0.717) is 24.6 Å². The molecule has 0 saturated heterocycles. The lowest BCUT2D eigenvalue weighted by molar-refractivity contribution is -0.127. The lowest BCUT2D eigenvalue weighted by Crippen LogP contribution is -2.38. The van der Waals surface area contributed by atoms with Crippen molar-refractivity contribution in [2.24, 2.45) is 0 Å². The molecular formula is C21H24N2O4. The first-order valence-electron chi connectivity index (χ1n) is 9.18. The van der Waals surface area contributed by atoms with Gasteiger partial charge >= 0.3 is 0 Å². The maximum Gasteiger partial charge on any atom is 0.233 e. The highest BCUT2D eigenvalue weighted by atomic mass is 16.5. The number of rotatable bonds is 7. The Balaban J connectivity index is 1.45. The second-order valence-corrected chi connectivity index (χ2v) is 6.34. The molecule has 1 atom stereocenters. The number of para-hydroxylation sites is 3. The van der Waals surface area contributed by atoms with Gasteiger partial charge in [-0.1, -0.05) is 30.3 Å². The van der Waals surface area contributed by atoms with Crippen LogP contribution in [0, 0.1) is 0 Å². The summed E-state index contributed by atoms with van der Waals surface area (Å²) in [5.41, 5.74) is 1.75. The average molecular weight is 368 g/mol. The van der Waals surface area contributed by atoms with Crippen molar-refractivity contribution in [3.63, 3.8) is 0 Å². The maximum absolute atomic E-state index is 12.1. The first-order chi connectivity index (χ1) is 13.2. The number of carbonyl (C=O) groups is 2. The van der Waals surface area contributed by atoms with Crippen LogP contribution in [0.4, 0.5) is 5.69 Å². The number of aryl methyl sites for hydroxylation is 1. The fourth-order valence-corrected chi connectivity index (χ4v) is 3.01. The second kappa shape index (κ2) is 9.07. The first-order valence-corrected chi connectivity index (χ1v) is 9.18. The van der Waals surface area contributed by atoms with Gasteiger partial charge in [0.15, 0.2) is 0 Å². The van der Waals surface area contributed by atoms with Crippen LogP contribution in [0.25, 0.3) is 0 Å². The standard InChI is InChI=1S/C21H24N2O4/c1-2-26-19-10-6-4-8-17(19)23-21(25)13-20(24)22-14-16-12-11-15-7-3-5-9-18(15)27-16/h3-10,16H,2,11-14H2,1H3,(H,22,24)(H,23,25)/t16-/m1/s1. The largest absolute Gasteiger partial charge is 0.492 e. The zero-order chi connectivity index (χ0) is 19.1. The maximum atomic E-state index is 12.1. The quantitative estimate of drug-likeness (QED) is 0.737. The summed E-state index contributed by atoms with van der Waals surface area (Å²) >= 11 is 0. The molecule has 0 spiro atoms. The molecule has 2 aromatic rings. The minimum absolute atomic E-state index is 0.0782. The Morgan fingerprint density at radius 1 is 1.11 bits per heavy atom. The molecule has 27 heavy (non-hydrogen) atoms. The van der Waals surface area contributed by atoms with Gasteiger partial charge in [-0.05, 0) is 43.5 Å². The van der Waals surface area contributed by atoms with Crippen molar-refractivity contribution in [2.75, 3.05) is 18.5 Å². The van der Waals surface area contributed by atoms with Crippen LogP contribution in [0.3, 0.4) is 0 Å². The van der Waals surface area contributed by atoms with Crippen LogP contribution in [0.15, 0.2) is 48.5 Å². The molecule has 0 aliphatic carbocycles. The molecule has 1 aliphatic heterocycles. The van der Waals surface area contributed by atoms with Crippen molar-refractivity contribution in [1.29, 1.82) is 0 Å². The van der Waals surface area contributed by atoms with Gasteiger partial charge in [-0.2, -0.15) is 0 Å². The number of ether oxygens (including phenoxy) is 2. The van der Waals surface area contributed by atoms with E-state index in [1.165, 1.54) is 5.56 Å². The number of hydrogen-bond acceptors (Lipinski definition) is 4. The Labute approximate surface area is 158 Å². The highest BCUT2D eigenvalue weighted by molar-refractivity contribution is 6.04. The van der Waals surface area contributed by atoms with Crippen molar-refractivity contribution in [3.05, 3.63) is 54.1 Å². The normalized spacial score (nSPS) is 15.2. The molecular weight excluding hydrogens is 344 g/mol. The minimum atomic E-state index is -0.380. The van der Waals surface area contributed by atoms with E-state index in [9.17, 15) is 9.59 Å². The zero-order valence-electron chi connectivity index (χ0n) is 15.4. The van der Waals surface area contributed by atoms with Crippen molar-refractivity contribution in [3.8, 4) is 11.5 Å². The zero-order valence-corrected chi connectivity index (χ0v) is 15.4. The van der Waals surface area contributed by atoms with E-state index < -0.39 is 0 Å². The first kappa shape index (κ1) is 18.8. The minimum Gasteiger partial charge on any atom is -0.492 e. The van der Waals surface area contributed by atoms with Crippen molar-refractivity contribution in [1.82, 2.24) is 5.32 Å². The lowest BCUT2D eigenvalue weighted by Gasteiger charge is -2.26. The molecule has 2 aromatic carbocycles. The van der Waals surface area contributed by atoms with Crippen LogP contribution in [0.5, 0.6) is 11.5 Å². The van der Waals surface area contributed by atoms with Gasteiger partial charge < -0.3 is 20.1 Å². The molecule has 142 valence electrons. The van der Waals surface area contributed by atoms with E-state index in [4.69, 9.17) is 9.47 Å². The molecule has 1 aliphatic rings. The number of fused-ring (bicyclic) bond motifs is 1. The molecule has 1 heterocycles. The van der Waals surface area contributed by atoms with E-state index in [1.807, 2.05) is 31.2 Å². The number of carbonyl (C=O) groups excluding carboxylic acids is 2. The van der Waals surface area contributed by atoms with Crippen LogP contribution < -0.4 is 20.1 Å². The second-order valence-electron chi connectivity index (χ2n) is 6.34. The predicted octanol–water partition coefficient (Wildman–Crippen LogP) is 2.92. The third-order valence-electron chi connectivity index (χ3n) is 4.31. The number of hydrogen-bond donors (Lipinski definition) is 2. The summed E-state index contributed by atoms with van der Waals surface area (Å²) < 4.78 is 11.4. The Morgan fingerprint density at radius 2 is 1.89 bits per heavy atom. The fourth-order valence-electron chi connectivity index (χ4n) is 3.01. The fraction of sp³-hybridized carbons (Fsp3) is 0.333. The highest BCUT2D eigenvalue weighted by Crippen LogP contribution is 2.27. The van der Waals surface area contributed by atoms with E-state index >= 15 is 0 Å². The summed E-state index contributed by atoms with van der Waals surface area (Å²) in [5.74, 6) is 0.745. The van der Waals surface area contributed by atoms with Gasteiger partial charge in [0.1, 0.15) is 24.0 Å². The summed E-state index contributed by atoms with van der Waals surface area (Å²) in [6.07, 6.45) is 1.44. The molecule has 0 bridgehead atoms. The SMILES string of the molecule is CCOc1ccccc1NC(=O)CC(=O)NC[C@H]1CCc2ccccc2O1. The van der Waals surface area contributed by atoms with Gasteiger partial charge in [-0.15, -0.1) is 0 Å². The van der Waals surface area contributed by atoms with Crippen LogP contribution >= 0.6 is 0 Å². The molecule has 2 amide bonds. The Morgan fingerprint density at radius 3 is 2.74 bits per heavy atom. The molecule has 2 N–H and O–H groups in total.